The molecule has 0 unspecified atom stereocenters. The van der Waals surface area contributed by atoms with Crippen LogP contribution in [0.2, 0.25) is 0 Å². The first-order valence-corrected chi connectivity index (χ1v) is 12.9. The molecule has 2 aromatic carbocycles. The van der Waals surface area contributed by atoms with Gasteiger partial charge in [-0.2, -0.15) is 0 Å². The Morgan fingerprint density at radius 2 is 1.74 bits per heavy atom. The Balaban J connectivity index is 1.59. The van der Waals surface area contributed by atoms with Gasteiger partial charge in [-0.15, -0.1) is 11.8 Å². The molecule has 1 N–H and O–H groups in total. The van der Waals surface area contributed by atoms with E-state index in [9.17, 15) is 9.59 Å². The Bertz CT molecular complexity index is 838. The van der Waals surface area contributed by atoms with Crippen molar-refractivity contribution < 1.29 is 9.59 Å². The van der Waals surface area contributed by atoms with E-state index < -0.39 is 6.04 Å². The van der Waals surface area contributed by atoms with Gasteiger partial charge in [-0.1, -0.05) is 71.2 Å². The third-order valence-electron chi connectivity index (χ3n) is 5.76. The molecule has 0 radical (unpaired) electrons. The molecule has 6 heteroatoms. The highest BCUT2D eigenvalue weighted by Gasteiger charge is 2.28. The van der Waals surface area contributed by atoms with Gasteiger partial charge < -0.3 is 10.2 Å². The topological polar surface area (TPSA) is 49.4 Å². The molecule has 0 aromatic heterocycles. The molecule has 0 spiro atoms. The van der Waals surface area contributed by atoms with Crippen molar-refractivity contribution in [3.63, 3.8) is 0 Å². The third kappa shape index (κ3) is 7.69. The van der Waals surface area contributed by atoms with Crippen molar-refractivity contribution in [2.75, 3.05) is 12.3 Å². The predicted octanol–water partition coefficient (Wildman–Crippen LogP) is 5.20. The fourth-order valence-corrected chi connectivity index (χ4v) is 5.02. The van der Waals surface area contributed by atoms with Crippen LogP contribution in [-0.2, 0) is 21.8 Å². The lowest BCUT2D eigenvalue weighted by atomic mass is 10.1. The number of carbonyl (C=O) groups excluding carboxylic acids is 2. The number of thioether (sulfide) groups is 1. The summed E-state index contributed by atoms with van der Waals surface area (Å²) in [6.07, 6.45) is 5.16. The Morgan fingerprint density at radius 3 is 2.42 bits per heavy atom. The molecule has 4 nitrogen and oxygen atoms in total. The molecule has 0 heterocycles. The van der Waals surface area contributed by atoms with Gasteiger partial charge in [0.15, 0.2) is 0 Å². The summed E-state index contributed by atoms with van der Waals surface area (Å²) in [7, 11) is 0. The lowest BCUT2D eigenvalue weighted by Crippen LogP contribution is -2.51. The van der Waals surface area contributed by atoms with E-state index >= 15 is 0 Å². The average Bonchev–Trinajstić information content (AvgIpc) is 3.29. The fourth-order valence-electron chi connectivity index (χ4n) is 3.88. The Kier molecular flexibility index (Phi) is 9.47. The van der Waals surface area contributed by atoms with Crippen LogP contribution < -0.4 is 5.32 Å². The zero-order valence-corrected chi connectivity index (χ0v) is 20.5. The first-order chi connectivity index (χ1) is 15.0. The largest absolute Gasteiger partial charge is 0.352 e. The summed E-state index contributed by atoms with van der Waals surface area (Å²) in [6.45, 7) is 2.40. The molecule has 1 saturated carbocycles. The second-order valence-electron chi connectivity index (χ2n) is 8.11. The molecule has 2 aromatic rings. The monoisotopic (exact) mass is 502 g/mol. The quantitative estimate of drug-likeness (QED) is 0.485. The molecule has 1 aliphatic carbocycles. The average molecular weight is 504 g/mol. The molecule has 1 aliphatic rings. The molecule has 1 fully saturated rings. The minimum Gasteiger partial charge on any atom is -0.352 e. The maximum atomic E-state index is 13.1. The van der Waals surface area contributed by atoms with E-state index in [1.165, 1.54) is 24.0 Å². The molecule has 0 saturated heterocycles. The molecule has 0 aliphatic heterocycles. The number of hydrogen-bond acceptors (Lipinski definition) is 3. The smallest absolute Gasteiger partial charge is 0.242 e. The van der Waals surface area contributed by atoms with Crippen LogP contribution in [0.3, 0.4) is 0 Å². The van der Waals surface area contributed by atoms with Gasteiger partial charge in [0.05, 0.1) is 5.75 Å². The van der Waals surface area contributed by atoms with Gasteiger partial charge >= 0.3 is 0 Å². The van der Waals surface area contributed by atoms with Gasteiger partial charge in [0.1, 0.15) is 6.04 Å². The van der Waals surface area contributed by atoms with E-state index in [1.807, 2.05) is 37.3 Å². The maximum absolute atomic E-state index is 13.1. The number of amides is 2. The first kappa shape index (κ1) is 23.9. The molecule has 1 atom stereocenters. The lowest BCUT2D eigenvalue weighted by Gasteiger charge is -2.29. The van der Waals surface area contributed by atoms with E-state index in [1.54, 1.807) is 16.7 Å². The van der Waals surface area contributed by atoms with Crippen LogP contribution >= 0.6 is 27.7 Å². The summed E-state index contributed by atoms with van der Waals surface area (Å²) in [5, 5.41) is 3.16. The fraction of sp³-hybridized carbons (Fsp3) is 0.440. The second-order valence-corrected chi connectivity index (χ2v) is 10.0. The summed E-state index contributed by atoms with van der Waals surface area (Å²) < 4.78 is 1.05. The van der Waals surface area contributed by atoms with Gasteiger partial charge in [0, 0.05) is 22.8 Å². The number of hydrogen-bond donors (Lipinski definition) is 1. The number of rotatable bonds is 10. The number of carbonyl (C=O) groups is 2. The second kappa shape index (κ2) is 12.3. The predicted molar refractivity (Wildman–Crippen MR) is 132 cm³/mol. The zero-order valence-electron chi connectivity index (χ0n) is 18.1. The van der Waals surface area contributed by atoms with Crippen LogP contribution in [0.15, 0.2) is 59.1 Å². The van der Waals surface area contributed by atoms with Crippen LogP contribution in [0.4, 0.5) is 0 Å². The minimum atomic E-state index is -0.468. The number of nitrogens with one attached hydrogen (secondary N) is 1. The maximum Gasteiger partial charge on any atom is 0.242 e. The zero-order chi connectivity index (χ0) is 22.1. The summed E-state index contributed by atoms with van der Waals surface area (Å²) in [5.41, 5.74) is 2.36. The van der Waals surface area contributed by atoms with Crippen LogP contribution in [0.1, 0.15) is 43.7 Å². The summed E-state index contributed by atoms with van der Waals surface area (Å²) in [4.78, 5) is 27.7. The van der Waals surface area contributed by atoms with Crippen molar-refractivity contribution >= 4 is 39.5 Å². The third-order valence-corrected chi connectivity index (χ3v) is 7.28. The van der Waals surface area contributed by atoms with Gasteiger partial charge in [-0.25, -0.2) is 0 Å². The normalized spacial score (nSPS) is 14.9. The van der Waals surface area contributed by atoms with Crippen LogP contribution in [-0.4, -0.2) is 41.1 Å². The summed E-state index contributed by atoms with van der Waals surface area (Å²) >= 11 is 5.04. The van der Waals surface area contributed by atoms with Crippen LogP contribution in [0.25, 0.3) is 0 Å². The highest BCUT2D eigenvalue weighted by molar-refractivity contribution is 9.10. The lowest BCUT2D eigenvalue weighted by molar-refractivity contribution is -0.138. The van der Waals surface area contributed by atoms with Crippen LogP contribution in [0, 0.1) is 0 Å². The molecule has 31 heavy (non-hydrogen) atoms. The molecular formula is C25H31BrN2O2S. The Labute approximate surface area is 198 Å². The summed E-state index contributed by atoms with van der Waals surface area (Å²) in [5.74, 6) is 1.12. The SMILES string of the molecule is C[C@H](C(=O)NC1CCCC1)N(CCc1ccccc1)C(=O)CSCc1ccc(Br)cc1. The van der Waals surface area contributed by atoms with Crippen molar-refractivity contribution in [2.45, 2.75) is 56.9 Å². The van der Waals surface area contributed by atoms with E-state index in [2.05, 4.69) is 45.5 Å². The van der Waals surface area contributed by atoms with E-state index in [-0.39, 0.29) is 17.9 Å². The molecule has 166 valence electrons. The Morgan fingerprint density at radius 1 is 1.06 bits per heavy atom. The highest BCUT2D eigenvalue weighted by atomic mass is 79.9. The van der Waals surface area contributed by atoms with Crippen molar-refractivity contribution in [1.82, 2.24) is 10.2 Å². The molecule has 0 bridgehead atoms. The van der Waals surface area contributed by atoms with Gasteiger partial charge in [-0.05, 0) is 49.4 Å². The van der Waals surface area contributed by atoms with Gasteiger partial charge in [-0.3, -0.25) is 9.59 Å². The highest BCUT2D eigenvalue weighted by Crippen LogP contribution is 2.19. The number of benzene rings is 2. The van der Waals surface area contributed by atoms with Crippen LogP contribution in [0.5, 0.6) is 0 Å². The summed E-state index contributed by atoms with van der Waals surface area (Å²) in [6, 6.07) is 18.1. The minimum absolute atomic E-state index is 0.0205. The van der Waals surface area contributed by atoms with Crippen molar-refractivity contribution in [2.24, 2.45) is 0 Å². The van der Waals surface area contributed by atoms with E-state index in [4.69, 9.17) is 0 Å². The van der Waals surface area contributed by atoms with Gasteiger partial charge in [0.25, 0.3) is 0 Å². The molecule has 3 rings (SSSR count). The number of halogens is 1. The standard InChI is InChI=1S/C25H31BrN2O2S/c1-19(25(30)27-23-9-5-6-10-23)28(16-15-20-7-3-2-4-8-20)24(29)18-31-17-21-11-13-22(26)14-12-21/h2-4,7-8,11-14,19,23H,5-6,9-10,15-18H2,1H3,(H,27,30)/t19-/m1/s1. The van der Waals surface area contributed by atoms with Gasteiger partial charge in [0.2, 0.25) is 11.8 Å². The van der Waals surface area contributed by atoms with E-state index in [0.717, 1.165) is 29.5 Å². The number of nitrogens with zero attached hydrogens (tertiary/aromatic N) is 1. The molecular weight excluding hydrogens is 472 g/mol. The Hall–Kier alpha value is -1.79. The van der Waals surface area contributed by atoms with Crippen molar-refractivity contribution in [3.8, 4) is 0 Å². The van der Waals surface area contributed by atoms with E-state index in [0.29, 0.717) is 12.3 Å². The van der Waals surface area contributed by atoms with Crippen molar-refractivity contribution in [3.05, 3.63) is 70.2 Å². The first-order valence-electron chi connectivity index (χ1n) is 11.0. The molecule has 2 amide bonds. The van der Waals surface area contributed by atoms with Crippen molar-refractivity contribution in [1.29, 1.82) is 0 Å².